The third-order valence-corrected chi connectivity index (χ3v) is 3.82. The van der Waals surface area contributed by atoms with Gasteiger partial charge in [0.25, 0.3) is 0 Å². The molecule has 116 valence electrons. The lowest BCUT2D eigenvalue weighted by Gasteiger charge is -2.23. The molecule has 1 unspecified atom stereocenters. The van der Waals surface area contributed by atoms with Crippen LogP contribution in [0, 0.1) is 0 Å². The van der Waals surface area contributed by atoms with Crippen LogP contribution in [0.4, 0.5) is 0 Å². The highest BCUT2D eigenvalue weighted by Crippen LogP contribution is 2.19. The maximum atomic E-state index is 11.8. The van der Waals surface area contributed by atoms with Crippen LogP contribution in [0.25, 0.3) is 0 Å². The third-order valence-electron chi connectivity index (χ3n) is 3.82. The fourth-order valence-electron chi connectivity index (χ4n) is 2.46. The van der Waals surface area contributed by atoms with Gasteiger partial charge in [0.2, 0.25) is 5.91 Å². The van der Waals surface area contributed by atoms with Crippen LogP contribution in [0.1, 0.15) is 64.7 Å². The van der Waals surface area contributed by atoms with Crippen molar-refractivity contribution in [1.82, 2.24) is 5.32 Å². The zero-order valence-electron chi connectivity index (χ0n) is 12.5. The number of carboxylic acids is 1. The Balaban J connectivity index is 2.15. The summed E-state index contributed by atoms with van der Waals surface area (Å²) in [7, 11) is 0. The van der Waals surface area contributed by atoms with Gasteiger partial charge >= 0.3 is 5.97 Å². The summed E-state index contributed by atoms with van der Waals surface area (Å²) in [5, 5.41) is 11.8. The summed E-state index contributed by atoms with van der Waals surface area (Å²) >= 11 is 0. The van der Waals surface area contributed by atoms with Gasteiger partial charge in [0, 0.05) is 19.4 Å². The number of nitrogens with one attached hydrogen (secondary N) is 1. The Morgan fingerprint density at radius 2 is 1.80 bits per heavy atom. The van der Waals surface area contributed by atoms with E-state index in [9.17, 15) is 14.7 Å². The molecule has 0 radical (unpaired) electrons. The molecule has 1 heterocycles. The molecule has 0 aromatic carbocycles. The monoisotopic (exact) mass is 285 g/mol. The first kappa shape index (κ1) is 17.0. The quantitative estimate of drug-likeness (QED) is 0.605. The predicted molar refractivity (Wildman–Crippen MR) is 76.6 cm³/mol. The fraction of sp³-hybridized carbons (Fsp3) is 0.867. The lowest BCUT2D eigenvalue weighted by Crippen LogP contribution is -2.55. The largest absolute Gasteiger partial charge is 0.479 e. The summed E-state index contributed by atoms with van der Waals surface area (Å²) < 4.78 is 5.11. The number of amides is 1. The first-order valence-electron chi connectivity index (χ1n) is 7.73. The molecule has 1 aliphatic heterocycles. The van der Waals surface area contributed by atoms with Crippen LogP contribution >= 0.6 is 0 Å². The molecule has 0 aromatic heterocycles. The molecule has 1 fully saturated rings. The van der Waals surface area contributed by atoms with Crippen LogP contribution in [0.15, 0.2) is 0 Å². The van der Waals surface area contributed by atoms with Crippen molar-refractivity contribution in [3.8, 4) is 0 Å². The smallest absolute Gasteiger partial charge is 0.331 e. The van der Waals surface area contributed by atoms with Crippen molar-refractivity contribution < 1.29 is 19.4 Å². The molecule has 0 spiro atoms. The van der Waals surface area contributed by atoms with Crippen LogP contribution < -0.4 is 5.32 Å². The van der Waals surface area contributed by atoms with E-state index < -0.39 is 11.5 Å². The van der Waals surface area contributed by atoms with E-state index in [0.717, 1.165) is 19.3 Å². The molecular formula is C15H27NO4. The average molecular weight is 285 g/mol. The first-order chi connectivity index (χ1) is 9.60. The molecule has 1 atom stereocenters. The SMILES string of the molecule is CCCCCCCCCC(=O)NC1(C(=O)O)CCOC1. The predicted octanol–water partition coefficient (Wildman–Crippen LogP) is 2.49. The summed E-state index contributed by atoms with van der Waals surface area (Å²) in [5.41, 5.74) is -1.20. The molecule has 0 saturated carbocycles. The lowest BCUT2D eigenvalue weighted by atomic mass is 9.98. The Morgan fingerprint density at radius 1 is 1.15 bits per heavy atom. The van der Waals surface area contributed by atoms with Gasteiger partial charge in [0.15, 0.2) is 5.54 Å². The fourth-order valence-corrected chi connectivity index (χ4v) is 2.46. The molecule has 5 nitrogen and oxygen atoms in total. The van der Waals surface area contributed by atoms with Gasteiger partial charge < -0.3 is 15.2 Å². The Kier molecular flexibility index (Phi) is 7.59. The van der Waals surface area contributed by atoms with Crippen molar-refractivity contribution in [1.29, 1.82) is 0 Å². The Morgan fingerprint density at radius 3 is 2.35 bits per heavy atom. The third kappa shape index (κ3) is 5.49. The van der Waals surface area contributed by atoms with E-state index in [1.165, 1.54) is 25.7 Å². The lowest BCUT2D eigenvalue weighted by molar-refractivity contribution is -0.147. The topological polar surface area (TPSA) is 75.6 Å². The average Bonchev–Trinajstić information content (AvgIpc) is 2.87. The number of carbonyl (C=O) groups is 2. The van der Waals surface area contributed by atoms with E-state index >= 15 is 0 Å². The zero-order valence-corrected chi connectivity index (χ0v) is 12.5. The first-order valence-corrected chi connectivity index (χ1v) is 7.73. The van der Waals surface area contributed by atoms with Crippen molar-refractivity contribution in [2.75, 3.05) is 13.2 Å². The number of aliphatic carboxylic acids is 1. The summed E-state index contributed by atoms with van der Waals surface area (Å²) in [4.78, 5) is 23.1. The van der Waals surface area contributed by atoms with Crippen LogP contribution in [-0.2, 0) is 14.3 Å². The van der Waals surface area contributed by atoms with Crippen molar-refractivity contribution in [2.45, 2.75) is 70.3 Å². The van der Waals surface area contributed by atoms with Gasteiger partial charge in [-0.25, -0.2) is 4.79 Å². The van der Waals surface area contributed by atoms with Gasteiger partial charge in [0.05, 0.1) is 6.61 Å². The molecule has 1 aliphatic rings. The van der Waals surface area contributed by atoms with Crippen LogP contribution in [0.3, 0.4) is 0 Å². The summed E-state index contributed by atoms with van der Waals surface area (Å²) in [6, 6.07) is 0. The van der Waals surface area contributed by atoms with E-state index in [4.69, 9.17) is 4.74 Å². The number of hydrogen-bond acceptors (Lipinski definition) is 3. The van der Waals surface area contributed by atoms with Crippen LogP contribution in [-0.4, -0.2) is 35.7 Å². The molecular weight excluding hydrogens is 258 g/mol. The molecule has 20 heavy (non-hydrogen) atoms. The molecule has 5 heteroatoms. The van der Waals surface area contributed by atoms with E-state index in [0.29, 0.717) is 19.4 Å². The Labute approximate surface area is 121 Å². The molecule has 1 rings (SSSR count). The van der Waals surface area contributed by atoms with E-state index in [2.05, 4.69) is 12.2 Å². The maximum Gasteiger partial charge on any atom is 0.331 e. The van der Waals surface area contributed by atoms with E-state index in [-0.39, 0.29) is 12.5 Å². The van der Waals surface area contributed by atoms with Gasteiger partial charge in [-0.1, -0.05) is 45.4 Å². The standard InChI is InChI=1S/C15H27NO4/c1-2-3-4-5-6-7-8-9-13(17)16-15(14(18)19)10-11-20-12-15/h2-12H2,1H3,(H,16,17)(H,18,19). The highest BCUT2D eigenvalue weighted by atomic mass is 16.5. The van der Waals surface area contributed by atoms with Gasteiger partial charge in [0.1, 0.15) is 0 Å². The molecule has 1 amide bonds. The molecule has 0 aliphatic carbocycles. The van der Waals surface area contributed by atoms with Crippen LogP contribution in [0.2, 0.25) is 0 Å². The van der Waals surface area contributed by atoms with E-state index in [1.807, 2.05) is 0 Å². The Hall–Kier alpha value is -1.10. The van der Waals surface area contributed by atoms with Gasteiger partial charge in [-0.15, -0.1) is 0 Å². The number of hydrogen-bond donors (Lipinski definition) is 2. The normalized spacial score (nSPS) is 21.9. The second-order valence-electron chi connectivity index (χ2n) is 5.61. The molecule has 0 bridgehead atoms. The van der Waals surface area contributed by atoms with E-state index in [1.54, 1.807) is 0 Å². The minimum Gasteiger partial charge on any atom is -0.479 e. The summed E-state index contributed by atoms with van der Waals surface area (Å²) in [6.45, 7) is 2.66. The number of ether oxygens (including phenoxy) is 1. The van der Waals surface area contributed by atoms with Crippen molar-refractivity contribution in [3.63, 3.8) is 0 Å². The summed E-state index contributed by atoms with van der Waals surface area (Å²) in [5.74, 6) is -1.17. The minimum atomic E-state index is -1.20. The highest BCUT2D eigenvalue weighted by Gasteiger charge is 2.43. The zero-order chi connectivity index (χ0) is 14.8. The van der Waals surface area contributed by atoms with Gasteiger partial charge in [-0.05, 0) is 6.42 Å². The molecule has 1 saturated heterocycles. The van der Waals surface area contributed by atoms with Crippen LogP contribution in [0.5, 0.6) is 0 Å². The van der Waals surface area contributed by atoms with Gasteiger partial charge in [-0.3, -0.25) is 4.79 Å². The second-order valence-corrected chi connectivity index (χ2v) is 5.61. The second kappa shape index (κ2) is 8.95. The van der Waals surface area contributed by atoms with Gasteiger partial charge in [-0.2, -0.15) is 0 Å². The number of unbranched alkanes of at least 4 members (excludes halogenated alkanes) is 6. The number of carbonyl (C=O) groups excluding carboxylic acids is 1. The number of carboxylic acid groups (broad SMARTS) is 1. The molecule has 2 N–H and O–H groups in total. The molecule has 0 aromatic rings. The minimum absolute atomic E-state index is 0.0745. The Bertz CT molecular complexity index is 311. The van der Waals surface area contributed by atoms with Crippen molar-refractivity contribution in [2.24, 2.45) is 0 Å². The van der Waals surface area contributed by atoms with Crippen molar-refractivity contribution >= 4 is 11.9 Å². The summed E-state index contributed by atoms with van der Waals surface area (Å²) in [6.07, 6.45) is 8.78. The van der Waals surface area contributed by atoms with Crippen molar-refractivity contribution in [3.05, 3.63) is 0 Å². The maximum absolute atomic E-state index is 11.8. The number of rotatable bonds is 10. The highest BCUT2D eigenvalue weighted by molar-refractivity contribution is 5.87.